The lowest BCUT2D eigenvalue weighted by molar-refractivity contribution is -0.141. The number of alkyl halides is 3. The first-order chi connectivity index (χ1) is 17.2. The van der Waals surface area contributed by atoms with Crippen molar-refractivity contribution in [1.82, 2.24) is 20.0 Å². The number of amides is 1. The molecule has 2 aromatic heterocycles. The Balaban J connectivity index is 1.88. The molecule has 6 nitrogen and oxygen atoms in total. The number of carbonyl (C=O) groups excluding carboxylic acids is 1. The Morgan fingerprint density at radius 1 is 1.36 bits per heavy atom. The molecule has 0 spiro atoms. The third-order valence-electron chi connectivity index (χ3n) is 5.99. The Bertz CT molecular complexity index is 1350. The van der Waals surface area contributed by atoms with Gasteiger partial charge in [-0.15, -0.1) is 0 Å². The molecule has 1 aromatic carbocycles. The molecule has 0 aliphatic carbocycles. The minimum atomic E-state index is -4.78. The van der Waals surface area contributed by atoms with Gasteiger partial charge in [-0.1, -0.05) is 18.2 Å². The second-order valence-electron chi connectivity index (χ2n) is 8.26. The molecule has 1 atom stereocenters. The second kappa shape index (κ2) is 10.2. The maximum absolute atomic E-state index is 15.3. The molecule has 0 bridgehead atoms. The summed E-state index contributed by atoms with van der Waals surface area (Å²) in [5, 5.41) is 6.97. The van der Waals surface area contributed by atoms with Crippen LogP contribution in [0.15, 0.2) is 42.6 Å². The molecule has 1 aliphatic rings. The van der Waals surface area contributed by atoms with E-state index in [1.54, 1.807) is 37.1 Å². The Morgan fingerprint density at radius 2 is 2.14 bits per heavy atom. The highest BCUT2D eigenvalue weighted by Crippen LogP contribution is 2.46. The van der Waals surface area contributed by atoms with Crippen LogP contribution in [0.2, 0.25) is 0 Å². The molecule has 0 fully saturated rings. The summed E-state index contributed by atoms with van der Waals surface area (Å²) in [4.78, 5) is 18.7. The first-order valence-electron chi connectivity index (χ1n) is 11.2. The molecule has 0 radical (unpaired) electrons. The lowest BCUT2D eigenvalue weighted by atomic mass is 9.83. The maximum atomic E-state index is 15.3. The van der Waals surface area contributed by atoms with Crippen molar-refractivity contribution in [3.05, 3.63) is 81.5 Å². The molecule has 188 valence electrons. The highest BCUT2D eigenvalue weighted by atomic mass is 32.1. The van der Waals surface area contributed by atoms with Crippen LogP contribution in [0.1, 0.15) is 34.5 Å². The van der Waals surface area contributed by atoms with E-state index in [0.717, 1.165) is 21.2 Å². The van der Waals surface area contributed by atoms with E-state index in [4.69, 9.17) is 6.57 Å². The van der Waals surface area contributed by atoms with E-state index in [1.165, 1.54) is 29.7 Å². The highest BCUT2D eigenvalue weighted by Gasteiger charge is 2.40. The monoisotopic (exact) mass is 517 g/mol. The second-order valence-corrected chi connectivity index (χ2v) is 9.37. The smallest absolute Gasteiger partial charge is 0.333 e. The predicted molar refractivity (Wildman–Crippen MR) is 129 cm³/mol. The summed E-state index contributed by atoms with van der Waals surface area (Å²) in [5.74, 6) is -1.71. The van der Waals surface area contributed by atoms with Crippen LogP contribution in [0.25, 0.3) is 16.0 Å². The van der Waals surface area contributed by atoms with Gasteiger partial charge in [-0.3, -0.25) is 9.48 Å². The molecule has 0 saturated carbocycles. The fraction of sp³-hybridized carbons (Fsp3) is 0.320. The van der Waals surface area contributed by atoms with Crippen molar-refractivity contribution in [1.29, 1.82) is 0 Å². The number of aromatic nitrogens is 2. The number of aryl methyl sites for hydroxylation is 1. The van der Waals surface area contributed by atoms with Crippen LogP contribution in [0.5, 0.6) is 0 Å². The van der Waals surface area contributed by atoms with Crippen molar-refractivity contribution in [2.45, 2.75) is 32.1 Å². The lowest BCUT2D eigenvalue weighted by Gasteiger charge is -2.34. The first-order valence-corrected chi connectivity index (χ1v) is 12.0. The zero-order valence-electron chi connectivity index (χ0n) is 19.6. The zero-order chi connectivity index (χ0) is 26.0. The molecular weight excluding hydrogens is 494 g/mol. The zero-order valence-corrected chi connectivity index (χ0v) is 20.4. The fourth-order valence-corrected chi connectivity index (χ4v) is 5.39. The van der Waals surface area contributed by atoms with Gasteiger partial charge in [-0.05, 0) is 37.2 Å². The number of hydrogen-bond acceptors (Lipinski definition) is 4. The first kappa shape index (κ1) is 25.6. The van der Waals surface area contributed by atoms with Crippen LogP contribution in [0.3, 0.4) is 0 Å². The van der Waals surface area contributed by atoms with Gasteiger partial charge < -0.3 is 10.2 Å². The van der Waals surface area contributed by atoms with Crippen molar-refractivity contribution in [3.8, 4) is 11.1 Å². The van der Waals surface area contributed by atoms with Crippen LogP contribution in [0, 0.1) is 12.4 Å². The molecule has 11 heteroatoms. The largest absolute Gasteiger partial charge is 0.435 e. The number of likely N-dealkylation sites (N-methyl/N-ethyl adjacent to an activating group) is 1. The average Bonchev–Trinajstić information content (AvgIpc) is 3.47. The van der Waals surface area contributed by atoms with Crippen LogP contribution in [0.4, 0.5) is 22.6 Å². The van der Waals surface area contributed by atoms with Crippen molar-refractivity contribution in [3.63, 3.8) is 0 Å². The SMILES string of the molecule is [C-]#[N+]c1cc2c(s1)CN(C(=O)/C=C/CNC)C[C@H]2c1cccc(F)c1-c1cn(CC)nc1C(F)(F)F. The maximum Gasteiger partial charge on any atom is 0.435 e. The number of nitrogens with one attached hydrogen (secondary N) is 1. The van der Waals surface area contributed by atoms with Crippen molar-refractivity contribution in [2.75, 3.05) is 20.1 Å². The van der Waals surface area contributed by atoms with Gasteiger partial charge in [0.25, 0.3) is 0 Å². The van der Waals surface area contributed by atoms with E-state index < -0.39 is 23.6 Å². The summed E-state index contributed by atoms with van der Waals surface area (Å²) >= 11 is 1.23. The number of hydrogen-bond donors (Lipinski definition) is 1. The van der Waals surface area contributed by atoms with E-state index in [1.807, 2.05) is 0 Å². The molecule has 3 aromatic rings. The van der Waals surface area contributed by atoms with E-state index in [9.17, 15) is 18.0 Å². The van der Waals surface area contributed by atoms with E-state index in [-0.39, 0.29) is 36.7 Å². The summed E-state index contributed by atoms with van der Waals surface area (Å²) in [6.07, 6.45) is -0.474. The summed E-state index contributed by atoms with van der Waals surface area (Å²) in [7, 11) is 1.75. The van der Waals surface area contributed by atoms with Gasteiger partial charge in [0.15, 0.2) is 5.69 Å². The summed E-state index contributed by atoms with van der Waals surface area (Å²) in [6, 6.07) is 5.83. The normalized spacial score (nSPS) is 15.8. The summed E-state index contributed by atoms with van der Waals surface area (Å²) in [5.41, 5.74) is -0.684. The molecule has 1 N–H and O–H groups in total. The standard InChI is InChI=1S/C25H23F4N5OS/c1-4-34-13-18(24(32-34)25(27,28)29)23-15(7-5-8-19(23)26)17-12-33(22(35)9-6-10-30-2)14-20-16(17)11-21(31-3)36-20/h5-9,11,13,17,30H,4,10,12,14H2,1-2H3/b9-6+/t17-/m0/s1. The molecule has 36 heavy (non-hydrogen) atoms. The number of fused-ring (bicyclic) bond motifs is 1. The average molecular weight is 518 g/mol. The third kappa shape index (κ3) is 4.92. The fourth-order valence-electron chi connectivity index (χ4n) is 4.37. The van der Waals surface area contributed by atoms with E-state index >= 15 is 4.39 Å². The van der Waals surface area contributed by atoms with Crippen LogP contribution in [-0.4, -0.2) is 40.7 Å². The minimum Gasteiger partial charge on any atom is -0.333 e. The van der Waals surface area contributed by atoms with Crippen LogP contribution >= 0.6 is 11.3 Å². The Labute approximate surface area is 209 Å². The molecule has 1 aliphatic heterocycles. The number of thiophene rings is 1. The summed E-state index contributed by atoms with van der Waals surface area (Å²) in [6.45, 7) is 10.1. The Hall–Kier alpha value is -3.49. The molecule has 4 rings (SSSR count). The van der Waals surface area contributed by atoms with E-state index in [0.29, 0.717) is 17.1 Å². The van der Waals surface area contributed by atoms with Crippen molar-refractivity contribution >= 4 is 22.2 Å². The van der Waals surface area contributed by atoms with Gasteiger partial charge >= 0.3 is 6.18 Å². The van der Waals surface area contributed by atoms with Gasteiger partial charge in [-0.2, -0.15) is 29.6 Å². The topological polar surface area (TPSA) is 54.5 Å². The molecule has 1 amide bonds. The third-order valence-corrected chi connectivity index (χ3v) is 7.02. The Kier molecular flexibility index (Phi) is 7.28. The number of benzene rings is 1. The number of carbonyl (C=O) groups is 1. The number of nitrogens with zero attached hydrogens (tertiary/aromatic N) is 4. The molecule has 0 saturated heterocycles. The highest BCUT2D eigenvalue weighted by molar-refractivity contribution is 7.16. The van der Waals surface area contributed by atoms with Crippen molar-refractivity contribution < 1.29 is 22.4 Å². The number of rotatable bonds is 6. The van der Waals surface area contributed by atoms with Gasteiger partial charge in [0, 0.05) is 53.8 Å². The van der Waals surface area contributed by atoms with Gasteiger partial charge in [-0.25, -0.2) is 9.24 Å². The molecule has 0 unspecified atom stereocenters. The van der Waals surface area contributed by atoms with Gasteiger partial charge in [0.1, 0.15) is 5.82 Å². The van der Waals surface area contributed by atoms with Crippen LogP contribution in [-0.2, 0) is 24.1 Å². The number of halogens is 4. The summed E-state index contributed by atoms with van der Waals surface area (Å²) < 4.78 is 58.2. The van der Waals surface area contributed by atoms with Gasteiger partial charge in [0.05, 0.1) is 13.1 Å². The Morgan fingerprint density at radius 3 is 2.81 bits per heavy atom. The predicted octanol–water partition coefficient (Wildman–Crippen LogP) is 5.59. The molecular formula is C25H23F4N5OS. The minimum absolute atomic E-state index is 0.129. The quantitative estimate of drug-likeness (QED) is 0.264. The molecule has 3 heterocycles. The van der Waals surface area contributed by atoms with Crippen LogP contribution < -0.4 is 5.32 Å². The van der Waals surface area contributed by atoms with Gasteiger partial charge in [0.2, 0.25) is 10.9 Å². The van der Waals surface area contributed by atoms with E-state index in [2.05, 4.69) is 15.3 Å². The lowest BCUT2D eigenvalue weighted by Crippen LogP contribution is -2.37. The van der Waals surface area contributed by atoms with Crippen molar-refractivity contribution in [2.24, 2.45) is 0 Å².